The molecule has 1 aliphatic rings. The first-order valence-corrected chi connectivity index (χ1v) is 3.63. The fourth-order valence-electron chi connectivity index (χ4n) is 1.07. The molecule has 1 rings (SSSR count). The number of hydrogen-bond acceptors (Lipinski definition) is 3. The fourth-order valence-corrected chi connectivity index (χ4v) is 1.07. The predicted octanol–water partition coefficient (Wildman–Crippen LogP) is 0.625. The van der Waals surface area contributed by atoms with E-state index < -0.39 is 17.9 Å². The molecule has 0 spiro atoms. The summed E-state index contributed by atoms with van der Waals surface area (Å²) >= 11 is 0. The lowest BCUT2D eigenvalue weighted by Gasteiger charge is -2.12. The zero-order valence-corrected chi connectivity index (χ0v) is 6.85. The first kappa shape index (κ1) is 9.83. The molecule has 0 heterocycles. The Bertz CT molecular complexity index is 163. The number of hydrogen-bond donors (Lipinski definition) is 1. The molecule has 0 radical (unpaired) electrons. The van der Waals surface area contributed by atoms with E-state index in [-0.39, 0.29) is 19.8 Å². The van der Waals surface area contributed by atoms with Gasteiger partial charge in [0.25, 0.3) is 5.92 Å². The van der Waals surface area contributed by atoms with Gasteiger partial charge >= 0.3 is 0 Å². The van der Waals surface area contributed by atoms with Gasteiger partial charge < -0.3 is 14.6 Å². The summed E-state index contributed by atoms with van der Waals surface area (Å²) in [6, 6.07) is 0. The van der Waals surface area contributed by atoms with E-state index >= 15 is 0 Å². The Morgan fingerprint density at radius 2 is 2.08 bits per heavy atom. The van der Waals surface area contributed by atoms with E-state index in [0.717, 1.165) is 0 Å². The van der Waals surface area contributed by atoms with Gasteiger partial charge in [-0.25, -0.2) is 8.78 Å². The second-order valence-corrected chi connectivity index (χ2v) is 3.07. The van der Waals surface area contributed by atoms with Gasteiger partial charge in [-0.3, -0.25) is 0 Å². The van der Waals surface area contributed by atoms with Crippen LogP contribution in [0.1, 0.15) is 6.42 Å². The maximum Gasteiger partial charge on any atom is 0.259 e. The average Bonchev–Trinajstić information content (AvgIpc) is 2.55. The second kappa shape index (κ2) is 3.24. The smallest absolute Gasteiger partial charge is 0.259 e. The average molecular weight is 182 g/mol. The van der Waals surface area contributed by atoms with E-state index in [1.807, 2.05) is 0 Å². The number of rotatable bonds is 5. The van der Waals surface area contributed by atoms with Gasteiger partial charge in [-0.05, 0) is 0 Å². The van der Waals surface area contributed by atoms with Crippen LogP contribution in [0.4, 0.5) is 8.78 Å². The van der Waals surface area contributed by atoms with Crippen molar-refractivity contribution in [3.8, 4) is 0 Å². The van der Waals surface area contributed by atoms with Crippen LogP contribution in [0.25, 0.3) is 0 Å². The summed E-state index contributed by atoms with van der Waals surface area (Å²) < 4.78 is 34.5. The number of aliphatic hydroxyl groups is 1. The summed E-state index contributed by atoms with van der Waals surface area (Å²) in [5, 5.41) is 8.69. The quantitative estimate of drug-likeness (QED) is 0.500. The monoisotopic (exact) mass is 182 g/mol. The number of aliphatic hydroxyl groups excluding tert-OH is 1. The standard InChI is InChI=1S/C7H12F2O3/c1-11-5-12-4-6(3-10)2-7(6,8)9/h10H,2-5H2,1H3/t6-/m1/s1. The van der Waals surface area contributed by atoms with Crippen LogP contribution in [0.5, 0.6) is 0 Å². The first-order valence-electron chi connectivity index (χ1n) is 3.63. The number of methoxy groups -OCH3 is 1. The molecule has 5 heteroatoms. The van der Waals surface area contributed by atoms with Gasteiger partial charge in [0.15, 0.2) is 0 Å². The first-order chi connectivity index (χ1) is 5.58. The molecule has 0 saturated heterocycles. The van der Waals surface area contributed by atoms with Crippen molar-refractivity contribution in [1.82, 2.24) is 0 Å². The van der Waals surface area contributed by atoms with E-state index in [4.69, 9.17) is 9.84 Å². The Morgan fingerprint density at radius 3 is 2.42 bits per heavy atom. The van der Waals surface area contributed by atoms with Crippen LogP contribution in [0, 0.1) is 5.41 Å². The summed E-state index contributed by atoms with van der Waals surface area (Å²) in [7, 11) is 1.41. The molecule has 0 aliphatic heterocycles. The summed E-state index contributed by atoms with van der Waals surface area (Å²) in [4.78, 5) is 0. The highest BCUT2D eigenvalue weighted by Gasteiger charge is 2.70. The molecule has 0 unspecified atom stereocenters. The Labute approximate surface area is 69.3 Å². The van der Waals surface area contributed by atoms with Crippen LogP contribution in [0.15, 0.2) is 0 Å². The second-order valence-electron chi connectivity index (χ2n) is 3.07. The molecule has 1 fully saturated rings. The molecular formula is C7H12F2O3. The fraction of sp³-hybridized carbons (Fsp3) is 1.00. The van der Waals surface area contributed by atoms with Crippen LogP contribution < -0.4 is 0 Å². The molecule has 0 bridgehead atoms. The van der Waals surface area contributed by atoms with E-state index in [1.165, 1.54) is 7.11 Å². The largest absolute Gasteiger partial charge is 0.395 e. The van der Waals surface area contributed by atoms with Crippen LogP contribution in [-0.2, 0) is 9.47 Å². The molecule has 1 N–H and O–H groups in total. The van der Waals surface area contributed by atoms with Gasteiger partial charge in [0.05, 0.1) is 18.6 Å². The summed E-state index contributed by atoms with van der Waals surface area (Å²) in [5.41, 5.74) is -1.34. The zero-order chi connectivity index (χ0) is 9.24. The lowest BCUT2D eigenvalue weighted by atomic mass is 10.1. The SMILES string of the molecule is COCOC[C@]1(CO)CC1(F)F. The Balaban J connectivity index is 2.30. The van der Waals surface area contributed by atoms with Crippen molar-refractivity contribution < 1.29 is 23.4 Å². The van der Waals surface area contributed by atoms with Gasteiger partial charge in [-0.1, -0.05) is 0 Å². The normalized spacial score (nSPS) is 32.0. The number of ether oxygens (including phenoxy) is 2. The molecule has 12 heavy (non-hydrogen) atoms. The molecule has 1 aliphatic carbocycles. The van der Waals surface area contributed by atoms with Crippen molar-refractivity contribution in [2.45, 2.75) is 12.3 Å². The van der Waals surface area contributed by atoms with Crippen molar-refractivity contribution in [2.75, 3.05) is 27.1 Å². The van der Waals surface area contributed by atoms with Crippen molar-refractivity contribution in [3.63, 3.8) is 0 Å². The molecule has 0 aromatic rings. The van der Waals surface area contributed by atoms with E-state index in [2.05, 4.69) is 4.74 Å². The molecule has 3 nitrogen and oxygen atoms in total. The van der Waals surface area contributed by atoms with E-state index in [9.17, 15) is 8.78 Å². The van der Waals surface area contributed by atoms with E-state index in [1.54, 1.807) is 0 Å². The molecule has 0 amide bonds. The Kier molecular flexibility index (Phi) is 2.65. The number of alkyl halides is 2. The minimum atomic E-state index is -2.77. The lowest BCUT2D eigenvalue weighted by Crippen LogP contribution is -2.23. The summed E-state index contributed by atoms with van der Waals surface area (Å²) in [6.45, 7) is -0.702. The number of halogens is 2. The third-order valence-electron chi connectivity index (χ3n) is 2.09. The molecule has 1 atom stereocenters. The van der Waals surface area contributed by atoms with Crippen molar-refractivity contribution in [2.24, 2.45) is 5.41 Å². The maximum atomic E-state index is 12.6. The van der Waals surface area contributed by atoms with Gasteiger partial charge in [-0.15, -0.1) is 0 Å². The zero-order valence-electron chi connectivity index (χ0n) is 6.85. The highest BCUT2D eigenvalue weighted by molar-refractivity contribution is 5.09. The minimum Gasteiger partial charge on any atom is -0.395 e. The van der Waals surface area contributed by atoms with E-state index in [0.29, 0.717) is 0 Å². The van der Waals surface area contributed by atoms with Crippen LogP contribution in [0.2, 0.25) is 0 Å². The Hall–Kier alpha value is -0.260. The molecule has 0 aromatic heterocycles. The molecule has 1 saturated carbocycles. The van der Waals surface area contributed by atoms with Crippen LogP contribution >= 0.6 is 0 Å². The summed E-state index contributed by atoms with van der Waals surface area (Å²) in [5.74, 6) is -2.77. The maximum absolute atomic E-state index is 12.6. The lowest BCUT2D eigenvalue weighted by molar-refractivity contribution is -0.0769. The topological polar surface area (TPSA) is 38.7 Å². The highest BCUT2D eigenvalue weighted by Crippen LogP contribution is 2.60. The van der Waals surface area contributed by atoms with Gasteiger partial charge in [-0.2, -0.15) is 0 Å². The third kappa shape index (κ3) is 1.57. The van der Waals surface area contributed by atoms with Crippen LogP contribution in [-0.4, -0.2) is 38.1 Å². The minimum absolute atomic E-state index is 0.0160. The van der Waals surface area contributed by atoms with Crippen molar-refractivity contribution in [3.05, 3.63) is 0 Å². The van der Waals surface area contributed by atoms with Crippen molar-refractivity contribution >= 4 is 0 Å². The van der Waals surface area contributed by atoms with Gasteiger partial charge in [0.1, 0.15) is 6.79 Å². The molecule has 72 valence electrons. The highest BCUT2D eigenvalue weighted by atomic mass is 19.3. The van der Waals surface area contributed by atoms with Gasteiger partial charge in [0.2, 0.25) is 0 Å². The van der Waals surface area contributed by atoms with Crippen LogP contribution in [0.3, 0.4) is 0 Å². The molecule has 0 aromatic carbocycles. The molecular weight excluding hydrogens is 170 g/mol. The van der Waals surface area contributed by atoms with Gasteiger partial charge in [0, 0.05) is 13.5 Å². The Morgan fingerprint density at radius 1 is 1.50 bits per heavy atom. The third-order valence-corrected chi connectivity index (χ3v) is 2.09. The summed E-state index contributed by atoms with van der Waals surface area (Å²) in [6.07, 6.45) is -0.291. The van der Waals surface area contributed by atoms with Crippen molar-refractivity contribution in [1.29, 1.82) is 0 Å². The predicted molar refractivity (Wildman–Crippen MR) is 36.9 cm³/mol.